The average molecular weight is 1030 g/mol. The minimum absolute atomic E-state index is 0.00168. The number of nitrogens with zero attached hydrogens (tertiary/aromatic N) is 7. The number of amides is 2. The smallest absolute Gasteiger partial charge is 0.301 e. The molecule has 0 spiro atoms. The number of Topliss-reactive ketones (excluding diaryl/α,β-unsaturated/α-hetero) is 2. The monoisotopic (exact) mass is 1030 g/mol. The number of H-pyrrole nitrogens is 1. The van der Waals surface area contributed by atoms with Gasteiger partial charge in [0.05, 0.1) is 61.4 Å². The van der Waals surface area contributed by atoms with Crippen molar-refractivity contribution >= 4 is 67.5 Å². The molecule has 1 saturated carbocycles. The van der Waals surface area contributed by atoms with Crippen molar-refractivity contribution < 1.29 is 55.0 Å². The summed E-state index contributed by atoms with van der Waals surface area (Å²) < 4.78 is 84.9. The third-order valence-electron chi connectivity index (χ3n) is 14.3. The number of fused-ring (bicyclic) bond motifs is 2. The van der Waals surface area contributed by atoms with Crippen LogP contribution in [-0.4, -0.2) is 177 Å². The van der Waals surface area contributed by atoms with Gasteiger partial charge in [0.25, 0.3) is 11.8 Å². The standard InChI is InChI=1S/C51H54F3N9O9S/c52-34-11-12-62(30-34)73(69,70)57-43-9-8-42(53)46(47(43)54)48(66)41-29-56-49-39(41)25-33(28-55-49)32-1-3-35(4-2-32)60-17-13-58(14-18-60)21-22-71-23-24-72-31-59-15-19-61(20-16-59)36-5-7-38-40(26-36)51(68)63(50(38)67)44-10-6-37(64)27-45(44)65/h1-5,7-9,25-26,28-29,34,44,57H,6,10-24,27,30-31H2,(H,55,56)/t34-,44?/m1/s1. The van der Waals surface area contributed by atoms with E-state index in [0.29, 0.717) is 61.8 Å². The number of alkyl halides is 1. The van der Waals surface area contributed by atoms with Crippen LogP contribution in [0.5, 0.6) is 0 Å². The topological polar surface area (TPSA) is 198 Å². The second-order valence-corrected chi connectivity index (χ2v) is 20.5. The molecule has 2 amide bonds. The summed E-state index contributed by atoms with van der Waals surface area (Å²) >= 11 is 0. The number of aromatic nitrogens is 2. The van der Waals surface area contributed by atoms with Gasteiger partial charge in [-0.3, -0.25) is 43.4 Å². The van der Waals surface area contributed by atoms with Crippen molar-refractivity contribution in [2.45, 2.75) is 37.9 Å². The maximum atomic E-state index is 15.8. The van der Waals surface area contributed by atoms with Crippen molar-refractivity contribution in [1.29, 1.82) is 0 Å². The maximum absolute atomic E-state index is 15.8. The first-order valence-corrected chi connectivity index (χ1v) is 25.8. The lowest BCUT2D eigenvalue weighted by Crippen LogP contribution is -2.47. The number of hydrogen-bond donors (Lipinski definition) is 2. The molecule has 1 aliphatic carbocycles. The summed E-state index contributed by atoms with van der Waals surface area (Å²) in [4.78, 5) is 81.8. The molecule has 5 aliphatic rings. The third kappa shape index (κ3) is 10.5. The number of halogens is 3. The summed E-state index contributed by atoms with van der Waals surface area (Å²) in [6.07, 6.45) is 1.69. The molecule has 0 radical (unpaired) electrons. The number of nitrogens with one attached hydrogen (secondary N) is 2. The number of aromatic amines is 1. The minimum atomic E-state index is -4.36. The molecule has 2 N–H and O–H groups in total. The molecule has 73 heavy (non-hydrogen) atoms. The van der Waals surface area contributed by atoms with Crippen LogP contribution in [0, 0.1) is 11.6 Å². The van der Waals surface area contributed by atoms with Gasteiger partial charge < -0.3 is 24.3 Å². The second kappa shape index (κ2) is 21.1. The van der Waals surface area contributed by atoms with Crippen LogP contribution >= 0.6 is 0 Å². The molecule has 4 aliphatic heterocycles. The fourth-order valence-electron chi connectivity index (χ4n) is 10.1. The maximum Gasteiger partial charge on any atom is 0.301 e. The predicted molar refractivity (Wildman–Crippen MR) is 264 cm³/mol. The van der Waals surface area contributed by atoms with Gasteiger partial charge in [-0.15, -0.1) is 0 Å². The van der Waals surface area contributed by atoms with E-state index < -0.39 is 69.5 Å². The van der Waals surface area contributed by atoms with Crippen LogP contribution in [-0.2, 0) is 29.3 Å². The van der Waals surface area contributed by atoms with E-state index in [2.05, 4.69) is 29.6 Å². The van der Waals surface area contributed by atoms with Gasteiger partial charge in [-0.25, -0.2) is 18.2 Å². The number of carbonyl (C=O) groups excluding carboxylic acids is 5. The summed E-state index contributed by atoms with van der Waals surface area (Å²) in [5.74, 6) is -5.09. The zero-order valence-corrected chi connectivity index (χ0v) is 40.7. The predicted octanol–water partition coefficient (Wildman–Crippen LogP) is 4.66. The first kappa shape index (κ1) is 50.0. The number of imide groups is 1. The van der Waals surface area contributed by atoms with E-state index in [-0.39, 0.29) is 54.9 Å². The number of benzene rings is 3. The van der Waals surface area contributed by atoms with Crippen LogP contribution < -0.4 is 14.5 Å². The lowest BCUT2D eigenvalue weighted by Gasteiger charge is -2.36. The Hall–Kier alpha value is -6.56. The summed E-state index contributed by atoms with van der Waals surface area (Å²) in [7, 11) is -4.36. The Kier molecular flexibility index (Phi) is 14.5. The van der Waals surface area contributed by atoms with Crippen LogP contribution in [0.1, 0.15) is 62.3 Å². The zero-order chi connectivity index (χ0) is 51.0. The lowest BCUT2D eigenvalue weighted by atomic mass is 9.92. The summed E-state index contributed by atoms with van der Waals surface area (Å²) in [6, 6.07) is 15.7. The van der Waals surface area contributed by atoms with Gasteiger partial charge >= 0.3 is 10.2 Å². The Morgan fingerprint density at radius 1 is 0.767 bits per heavy atom. The molecular weight excluding hydrogens is 972 g/mol. The minimum Gasteiger partial charge on any atom is -0.378 e. The molecule has 18 nitrogen and oxygen atoms in total. The largest absolute Gasteiger partial charge is 0.378 e. The zero-order valence-electron chi connectivity index (χ0n) is 39.9. The first-order chi connectivity index (χ1) is 35.2. The Morgan fingerprint density at radius 3 is 2.19 bits per heavy atom. The number of ketones is 3. The van der Waals surface area contributed by atoms with Crippen molar-refractivity contribution in [2.24, 2.45) is 0 Å². The van der Waals surface area contributed by atoms with Crippen molar-refractivity contribution in [2.75, 3.05) is 113 Å². The molecule has 3 saturated heterocycles. The Balaban J connectivity index is 0.638. The third-order valence-corrected chi connectivity index (χ3v) is 15.8. The van der Waals surface area contributed by atoms with Gasteiger partial charge in [0.15, 0.2) is 11.6 Å². The molecule has 6 heterocycles. The van der Waals surface area contributed by atoms with Gasteiger partial charge in [0.2, 0.25) is 5.78 Å². The molecule has 2 atom stereocenters. The SMILES string of the molecule is O=C1CCC(N2C(=O)c3ccc(N4CCN(COCCOCCN5CCN(c6ccc(-c7cnc8[nH]cc(C(=O)c9c(F)ccc(NS(=O)(=O)N%10CC[C@@H](F)C%10)c9F)c8c7)cc6)CC5)CC4)cc3C2=O)C(=O)C1. The van der Waals surface area contributed by atoms with E-state index in [4.69, 9.17) is 9.47 Å². The quantitative estimate of drug-likeness (QED) is 0.0565. The molecule has 10 rings (SSSR count). The molecule has 2 aromatic heterocycles. The van der Waals surface area contributed by atoms with Crippen LogP contribution in [0.15, 0.2) is 73.1 Å². The fraction of sp³-hybridized carbons (Fsp3) is 0.412. The highest BCUT2D eigenvalue weighted by atomic mass is 32.2. The molecule has 5 aromatic rings. The average Bonchev–Trinajstić information content (AvgIpc) is 4.10. The van der Waals surface area contributed by atoms with Crippen LogP contribution in [0.2, 0.25) is 0 Å². The molecule has 22 heteroatoms. The molecule has 1 unspecified atom stereocenters. The number of anilines is 3. The van der Waals surface area contributed by atoms with E-state index in [9.17, 15) is 36.8 Å². The first-order valence-electron chi connectivity index (χ1n) is 24.4. The summed E-state index contributed by atoms with van der Waals surface area (Å²) in [5.41, 5.74) is 2.61. The van der Waals surface area contributed by atoms with Crippen molar-refractivity contribution in [3.8, 4) is 11.1 Å². The lowest BCUT2D eigenvalue weighted by molar-refractivity contribution is -0.132. The van der Waals surface area contributed by atoms with Crippen molar-refractivity contribution in [3.05, 3.63) is 107 Å². The second-order valence-electron chi connectivity index (χ2n) is 18.9. The highest BCUT2D eigenvalue weighted by Gasteiger charge is 2.45. The Bertz CT molecular complexity index is 3070. The summed E-state index contributed by atoms with van der Waals surface area (Å²) in [5, 5.41) is 0.322. The van der Waals surface area contributed by atoms with E-state index >= 15 is 8.78 Å². The fourth-order valence-corrected chi connectivity index (χ4v) is 11.4. The van der Waals surface area contributed by atoms with Crippen molar-refractivity contribution in [3.63, 3.8) is 0 Å². The van der Waals surface area contributed by atoms with Gasteiger partial charge in [0.1, 0.15) is 23.4 Å². The highest BCUT2D eigenvalue weighted by Crippen LogP contribution is 2.34. The van der Waals surface area contributed by atoms with Crippen LogP contribution in [0.25, 0.3) is 22.2 Å². The molecule has 384 valence electrons. The van der Waals surface area contributed by atoms with Gasteiger partial charge in [-0.05, 0) is 66.9 Å². The Morgan fingerprint density at radius 2 is 1.47 bits per heavy atom. The van der Waals surface area contributed by atoms with E-state index in [0.717, 1.165) is 84.1 Å². The normalized spacial score (nSPS) is 20.5. The van der Waals surface area contributed by atoms with Gasteiger partial charge in [-0.1, -0.05) is 12.1 Å². The van der Waals surface area contributed by atoms with Crippen LogP contribution in [0.4, 0.5) is 30.2 Å². The summed E-state index contributed by atoms with van der Waals surface area (Å²) in [6.45, 7) is 8.54. The van der Waals surface area contributed by atoms with Crippen molar-refractivity contribution in [1.82, 2.24) is 29.0 Å². The van der Waals surface area contributed by atoms with E-state index in [1.807, 2.05) is 35.1 Å². The number of ether oxygens (including phenoxy) is 2. The van der Waals surface area contributed by atoms with Gasteiger partial charge in [0, 0.05) is 119 Å². The number of rotatable bonds is 17. The van der Waals surface area contributed by atoms with E-state index in [1.54, 1.807) is 24.4 Å². The highest BCUT2D eigenvalue weighted by molar-refractivity contribution is 7.90. The molecule has 4 fully saturated rings. The molecular formula is C51H54F3N9O9S. The van der Waals surface area contributed by atoms with E-state index in [1.165, 1.54) is 6.20 Å². The number of piperazine rings is 2. The number of carbonyl (C=O) groups is 5. The van der Waals surface area contributed by atoms with Gasteiger partial charge in [-0.2, -0.15) is 12.7 Å². The number of hydrogen-bond acceptors (Lipinski definition) is 14. The number of pyridine rings is 1. The molecule has 3 aromatic carbocycles. The van der Waals surface area contributed by atoms with Crippen LogP contribution in [0.3, 0.4) is 0 Å². The molecule has 0 bridgehead atoms. The Labute approximate surface area is 419 Å².